The highest BCUT2D eigenvalue weighted by atomic mass is 32.2. The first-order chi connectivity index (χ1) is 17.1. The van der Waals surface area contributed by atoms with Crippen LogP contribution in [0.1, 0.15) is 24.2 Å². The Balaban J connectivity index is 1.28. The van der Waals surface area contributed by atoms with Crippen LogP contribution in [0.25, 0.3) is 10.9 Å². The number of nitrogens with zero attached hydrogens (tertiary/aromatic N) is 5. The van der Waals surface area contributed by atoms with Crippen LogP contribution in [0.15, 0.2) is 52.5 Å². The first-order valence-electron chi connectivity index (χ1n) is 11.5. The number of rotatable bonds is 6. The molecule has 8 nitrogen and oxygen atoms in total. The lowest BCUT2D eigenvalue weighted by Crippen LogP contribution is -2.63. The summed E-state index contributed by atoms with van der Waals surface area (Å²) in [6, 6.07) is 11.1. The standard InChI is InChI=1S/C24H22F3N7OS/c1-13-8-20(33-32-13)29-19-10-21(34-11-23(35,12-34)15-3-4-15)31-22(30-19)36-16-5-6-17-14(9-16)2-7-18(28-17)24(25,26)27/h2,5-10,15,35H,3-4,11-12H2,1H3,(H2,29,30,31,32,33). The maximum absolute atomic E-state index is 13.0. The molecule has 0 bridgehead atoms. The molecule has 1 aliphatic carbocycles. The maximum Gasteiger partial charge on any atom is 0.433 e. The molecule has 0 spiro atoms. The first-order valence-corrected chi connectivity index (χ1v) is 12.3. The number of aromatic amines is 1. The molecule has 1 aliphatic heterocycles. The van der Waals surface area contributed by atoms with Crippen LogP contribution < -0.4 is 10.2 Å². The number of aryl methyl sites for hydroxylation is 1. The van der Waals surface area contributed by atoms with Gasteiger partial charge in [0.25, 0.3) is 0 Å². The molecule has 4 heterocycles. The fourth-order valence-corrected chi connectivity index (χ4v) is 5.20. The fraction of sp³-hybridized carbons (Fsp3) is 0.333. The van der Waals surface area contributed by atoms with Crippen LogP contribution in [-0.4, -0.2) is 48.9 Å². The molecule has 0 amide bonds. The number of aliphatic hydroxyl groups is 1. The average molecular weight is 514 g/mol. The topological polar surface area (TPSA) is 103 Å². The third-order valence-corrected chi connectivity index (χ3v) is 7.26. The van der Waals surface area contributed by atoms with Crippen molar-refractivity contribution < 1.29 is 18.3 Å². The Bertz CT molecular complexity index is 1450. The molecule has 6 rings (SSSR count). The molecule has 2 aliphatic rings. The Morgan fingerprint density at radius 1 is 1.06 bits per heavy atom. The van der Waals surface area contributed by atoms with Gasteiger partial charge in [0.2, 0.25) is 0 Å². The minimum atomic E-state index is -4.49. The second-order valence-electron chi connectivity index (χ2n) is 9.34. The molecule has 1 saturated heterocycles. The lowest BCUT2D eigenvalue weighted by Gasteiger charge is -2.47. The predicted molar refractivity (Wildman–Crippen MR) is 129 cm³/mol. The van der Waals surface area contributed by atoms with Crippen LogP contribution in [0.2, 0.25) is 0 Å². The SMILES string of the molecule is Cc1cc(Nc2cc(N3CC(O)(C4CC4)C3)nc(Sc3ccc4nc(C(F)(F)F)ccc4c3)n2)n[nH]1. The number of nitrogens with one attached hydrogen (secondary N) is 2. The monoisotopic (exact) mass is 513 g/mol. The van der Waals surface area contributed by atoms with Gasteiger partial charge in [-0.15, -0.1) is 0 Å². The van der Waals surface area contributed by atoms with E-state index in [2.05, 4.69) is 25.5 Å². The van der Waals surface area contributed by atoms with Crippen LogP contribution in [0.3, 0.4) is 0 Å². The number of pyridine rings is 1. The second-order valence-corrected chi connectivity index (χ2v) is 10.4. The third-order valence-electron chi connectivity index (χ3n) is 6.41. The van der Waals surface area contributed by atoms with Gasteiger partial charge in [0, 0.05) is 28.1 Å². The van der Waals surface area contributed by atoms with Gasteiger partial charge < -0.3 is 15.3 Å². The molecule has 36 heavy (non-hydrogen) atoms. The number of fused-ring (bicyclic) bond motifs is 1. The van der Waals surface area contributed by atoms with E-state index in [0.29, 0.717) is 47.0 Å². The number of alkyl halides is 3. The zero-order valence-corrected chi connectivity index (χ0v) is 20.0. The van der Waals surface area contributed by atoms with Crippen molar-refractivity contribution in [3.8, 4) is 0 Å². The van der Waals surface area contributed by atoms with E-state index in [-0.39, 0.29) is 5.52 Å². The van der Waals surface area contributed by atoms with Gasteiger partial charge in [-0.05, 0) is 61.7 Å². The third kappa shape index (κ3) is 4.58. The molecule has 1 aromatic carbocycles. The van der Waals surface area contributed by atoms with Crippen LogP contribution in [0.5, 0.6) is 0 Å². The van der Waals surface area contributed by atoms with E-state index < -0.39 is 17.5 Å². The average Bonchev–Trinajstić information content (AvgIpc) is 3.58. The fourth-order valence-electron chi connectivity index (χ4n) is 4.38. The minimum Gasteiger partial charge on any atom is -0.386 e. The van der Waals surface area contributed by atoms with Crippen LogP contribution in [-0.2, 0) is 6.18 Å². The van der Waals surface area contributed by atoms with Gasteiger partial charge in [0.15, 0.2) is 11.0 Å². The van der Waals surface area contributed by atoms with Crippen molar-refractivity contribution in [2.24, 2.45) is 5.92 Å². The van der Waals surface area contributed by atoms with E-state index in [1.165, 1.54) is 17.8 Å². The van der Waals surface area contributed by atoms with E-state index in [9.17, 15) is 18.3 Å². The number of aromatic nitrogens is 5. The number of anilines is 3. The summed E-state index contributed by atoms with van der Waals surface area (Å²) >= 11 is 1.30. The molecule has 3 N–H and O–H groups in total. The Kier molecular flexibility index (Phi) is 5.34. The molecule has 186 valence electrons. The van der Waals surface area contributed by atoms with Crippen LogP contribution in [0, 0.1) is 12.8 Å². The van der Waals surface area contributed by atoms with E-state index in [1.54, 1.807) is 18.2 Å². The van der Waals surface area contributed by atoms with Gasteiger partial charge in [-0.2, -0.15) is 18.3 Å². The molecule has 12 heteroatoms. The summed E-state index contributed by atoms with van der Waals surface area (Å²) < 4.78 is 39.0. The van der Waals surface area contributed by atoms with Crippen molar-refractivity contribution in [3.63, 3.8) is 0 Å². The summed E-state index contributed by atoms with van der Waals surface area (Å²) in [7, 11) is 0. The lowest BCUT2D eigenvalue weighted by atomic mass is 9.89. The Morgan fingerprint density at radius 3 is 2.56 bits per heavy atom. The molecule has 4 aromatic rings. The van der Waals surface area contributed by atoms with Crippen LogP contribution in [0.4, 0.5) is 30.6 Å². The number of hydrogen-bond donors (Lipinski definition) is 3. The number of β-amino-alcohol motifs (C(OH)–C–C–N with tert-alkyl or cyclic N) is 1. The zero-order valence-electron chi connectivity index (χ0n) is 19.2. The molecule has 3 aromatic heterocycles. The van der Waals surface area contributed by atoms with Gasteiger partial charge in [0.05, 0.1) is 18.6 Å². The van der Waals surface area contributed by atoms with E-state index in [0.717, 1.165) is 29.5 Å². The van der Waals surface area contributed by atoms with Crippen molar-refractivity contribution in [1.82, 2.24) is 25.1 Å². The molecule has 1 saturated carbocycles. The van der Waals surface area contributed by atoms with Crippen LogP contribution >= 0.6 is 11.8 Å². The van der Waals surface area contributed by atoms with Gasteiger partial charge in [-0.1, -0.05) is 6.07 Å². The molecule has 0 atom stereocenters. The van der Waals surface area contributed by atoms with E-state index in [4.69, 9.17) is 4.98 Å². The lowest BCUT2D eigenvalue weighted by molar-refractivity contribution is -0.140. The zero-order chi connectivity index (χ0) is 25.1. The van der Waals surface area contributed by atoms with Crippen molar-refractivity contribution in [3.05, 3.63) is 53.9 Å². The highest BCUT2D eigenvalue weighted by Gasteiger charge is 2.52. The smallest absolute Gasteiger partial charge is 0.386 e. The number of halogens is 3. The molecular formula is C24H22F3N7OS. The normalized spacial score (nSPS) is 17.3. The highest BCUT2D eigenvalue weighted by Crippen LogP contribution is 2.46. The summed E-state index contributed by atoms with van der Waals surface area (Å²) in [6.07, 6.45) is -2.38. The largest absolute Gasteiger partial charge is 0.433 e. The van der Waals surface area contributed by atoms with Crippen molar-refractivity contribution in [2.75, 3.05) is 23.3 Å². The Hall–Kier alpha value is -3.38. The number of hydrogen-bond acceptors (Lipinski definition) is 8. The number of H-pyrrole nitrogens is 1. The molecule has 0 radical (unpaired) electrons. The maximum atomic E-state index is 13.0. The first kappa shape index (κ1) is 23.0. The van der Waals surface area contributed by atoms with Gasteiger partial charge in [0.1, 0.15) is 22.9 Å². The van der Waals surface area contributed by atoms with Gasteiger partial charge >= 0.3 is 6.18 Å². The second kappa shape index (κ2) is 8.34. The summed E-state index contributed by atoms with van der Waals surface area (Å²) in [5, 5.41) is 22.1. The minimum absolute atomic E-state index is 0.264. The van der Waals surface area contributed by atoms with Crippen molar-refractivity contribution in [1.29, 1.82) is 0 Å². The summed E-state index contributed by atoms with van der Waals surface area (Å²) in [4.78, 5) is 15.8. The van der Waals surface area contributed by atoms with Crippen molar-refractivity contribution >= 4 is 40.1 Å². The summed E-state index contributed by atoms with van der Waals surface area (Å²) in [6.45, 7) is 2.93. The van der Waals surface area contributed by atoms with E-state index >= 15 is 0 Å². The quantitative estimate of drug-likeness (QED) is 0.312. The summed E-state index contributed by atoms with van der Waals surface area (Å²) in [5.41, 5.74) is -0.417. The molecule has 0 unspecified atom stereocenters. The van der Waals surface area contributed by atoms with Crippen molar-refractivity contribution in [2.45, 2.75) is 41.6 Å². The Morgan fingerprint density at radius 2 is 1.86 bits per heavy atom. The highest BCUT2D eigenvalue weighted by molar-refractivity contribution is 7.99. The van der Waals surface area contributed by atoms with Gasteiger partial charge in [-0.25, -0.2) is 15.0 Å². The number of benzene rings is 1. The molecule has 2 fully saturated rings. The summed E-state index contributed by atoms with van der Waals surface area (Å²) in [5.74, 6) is 2.21. The predicted octanol–water partition coefficient (Wildman–Crippen LogP) is 4.93. The molecular weight excluding hydrogens is 491 g/mol. The van der Waals surface area contributed by atoms with E-state index in [1.807, 2.05) is 24.0 Å². The van der Waals surface area contributed by atoms with Gasteiger partial charge in [-0.3, -0.25) is 5.10 Å². The Labute approximate surface area is 208 Å².